The lowest BCUT2D eigenvalue weighted by molar-refractivity contribution is -0.131. The number of Topliss-reactive ketones (excluding diaryl/α,β-unsaturated/α-hetero) is 1. The van der Waals surface area contributed by atoms with Crippen molar-refractivity contribution in [1.29, 1.82) is 5.26 Å². The van der Waals surface area contributed by atoms with Crippen molar-refractivity contribution in [3.8, 4) is 6.07 Å². The van der Waals surface area contributed by atoms with Crippen LogP contribution in [0.2, 0.25) is 0 Å². The Kier molecular flexibility index (Phi) is 3.63. The Morgan fingerprint density at radius 1 is 1.42 bits per heavy atom. The molecule has 1 aliphatic heterocycles. The summed E-state index contributed by atoms with van der Waals surface area (Å²) in [6.07, 6.45) is 5.81. The van der Waals surface area contributed by atoms with Gasteiger partial charge in [-0.15, -0.1) is 0 Å². The van der Waals surface area contributed by atoms with Crippen LogP contribution in [0, 0.1) is 28.1 Å². The van der Waals surface area contributed by atoms with E-state index in [1.165, 1.54) is 0 Å². The van der Waals surface area contributed by atoms with Gasteiger partial charge in [0, 0.05) is 37.2 Å². The van der Waals surface area contributed by atoms with Gasteiger partial charge in [-0.2, -0.15) is 10.4 Å². The third kappa shape index (κ3) is 2.35. The molecule has 0 aromatic carbocycles. The van der Waals surface area contributed by atoms with E-state index in [9.17, 15) is 14.9 Å². The van der Waals surface area contributed by atoms with Gasteiger partial charge < -0.3 is 4.90 Å². The molecule has 2 heterocycles. The fourth-order valence-electron chi connectivity index (χ4n) is 4.42. The standard InChI is InChI=1S/C18H22N4O2/c1-17(2)14-5-6-22(16(24)13-9-20-21(4)10-13)11-18(14,3)7-12(8-19)15(17)23/h7,9-10,14H,5-6,11H2,1-4H3/t14-,18+/m1/s1. The van der Waals surface area contributed by atoms with Crippen LogP contribution in [0.5, 0.6) is 0 Å². The number of fused-ring (bicyclic) bond motifs is 1. The third-order valence-electron chi connectivity index (χ3n) is 5.55. The monoisotopic (exact) mass is 326 g/mol. The van der Waals surface area contributed by atoms with Crippen LogP contribution < -0.4 is 0 Å². The number of amides is 1. The first-order chi connectivity index (χ1) is 11.2. The number of aromatic nitrogens is 2. The minimum Gasteiger partial charge on any atom is -0.338 e. The summed E-state index contributed by atoms with van der Waals surface area (Å²) in [4.78, 5) is 27.1. The van der Waals surface area contributed by atoms with Crippen molar-refractivity contribution in [1.82, 2.24) is 14.7 Å². The van der Waals surface area contributed by atoms with Crippen molar-refractivity contribution in [2.45, 2.75) is 27.2 Å². The zero-order chi connectivity index (χ0) is 17.7. The smallest absolute Gasteiger partial charge is 0.257 e. The van der Waals surface area contributed by atoms with Crippen LogP contribution in [0.15, 0.2) is 24.0 Å². The molecule has 1 amide bonds. The van der Waals surface area contributed by atoms with Crippen LogP contribution >= 0.6 is 0 Å². The van der Waals surface area contributed by atoms with Crippen LogP contribution in [0.4, 0.5) is 0 Å². The van der Waals surface area contributed by atoms with Crippen LogP contribution in [0.1, 0.15) is 37.6 Å². The number of piperidine rings is 1. The van der Waals surface area contributed by atoms with E-state index in [1.54, 1.807) is 30.2 Å². The third-order valence-corrected chi connectivity index (χ3v) is 5.55. The number of nitriles is 1. The molecule has 0 saturated carbocycles. The van der Waals surface area contributed by atoms with Gasteiger partial charge in [-0.3, -0.25) is 14.3 Å². The molecule has 1 aliphatic carbocycles. The largest absolute Gasteiger partial charge is 0.338 e. The van der Waals surface area contributed by atoms with E-state index in [1.807, 2.05) is 31.7 Å². The zero-order valence-corrected chi connectivity index (χ0v) is 14.5. The maximum absolute atomic E-state index is 12.7. The van der Waals surface area contributed by atoms with Gasteiger partial charge in [0.25, 0.3) is 5.91 Å². The predicted octanol–water partition coefficient (Wildman–Crippen LogP) is 1.95. The second-order valence-corrected chi connectivity index (χ2v) is 7.70. The summed E-state index contributed by atoms with van der Waals surface area (Å²) in [5.74, 6) is -0.0172. The molecule has 0 radical (unpaired) electrons. The summed E-state index contributed by atoms with van der Waals surface area (Å²) in [6.45, 7) is 7.00. The molecule has 6 nitrogen and oxygen atoms in total. The first kappa shape index (κ1) is 16.4. The topological polar surface area (TPSA) is 79.0 Å². The average Bonchev–Trinajstić information content (AvgIpc) is 2.96. The first-order valence-electron chi connectivity index (χ1n) is 8.15. The lowest BCUT2D eigenvalue weighted by atomic mass is 9.55. The number of hydrogen-bond donors (Lipinski definition) is 0. The average molecular weight is 326 g/mol. The van der Waals surface area contributed by atoms with E-state index in [0.717, 1.165) is 6.42 Å². The summed E-state index contributed by atoms with van der Waals surface area (Å²) in [5, 5.41) is 13.4. The van der Waals surface area contributed by atoms with Gasteiger partial charge in [-0.1, -0.05) is 26.8 Å². The minimum atomic E-state index is -0.585. The number of hydrogen-bond acceptors (Lipinski definition) is 4. The predicted molar refractivity (Wildman–Crippen MR) is 87.8 cm³/mol. The molecule has 6 heteroatoms. The van der Waals surface area contributed by atoms with Crippen molar-refractivity contribution in [3.05, 3.63) is 29.6 Å². The summed E-state index contributed by atoms with van der Waals surface area (Å²) in [7, 11) is 1.78. The minimum absolute atomic E-state index is 0.0515. The molecule has 1 fully saturated rings. The highest BCUT2D eigenvalue weighted by molar-refractivity contribution is 6.04. The summed E-state index contributed by atoms with van der Waals surface area (Å²) >= 11 is 0. The van der Waals surface area contributed by atoms with Crippen molar-refractivity contribution >= 4 is 11.7 Å². The van der Waals surface area contributed by atoms with Crippen LogP contribution in [0.25, 0.3) is 0 Å². The van der Waals surface area contributed by atoms with Gasteiger partial charge in [0.2, 0.25) is 0 Å². The Morgan fingerprint density at radius 2 is 2.12 bits per heavy atom. The molecule has 3 rings (SSSR count). The number of aryl methyl sites for hydroxylation is 1. The van der Waals surface area contributed by atoms with E-state index >= 15 is 0 Å². The Morgan fingerprint density at radius 3 is 2.71 bits per heavy atom. The molecular weight excluding hydrogens is 304 g/mol. The van der Waals surface area contributed by atoms with E-state index in [0.29, 0.717) is 18.7 Å². The van der Waals surface area contributed by atoms with Crippen LogP contribution in [-0.2, 0) is 11.8 Å². The fourth-order valence-corrected chi connectivity index (χ4v) is 4.42. The highest BCUT2D eigenvalue weighted by Gasteiger charge is 2.53. The Labute approximate surface area is 141 Å². The van der Waals surface area contributed by atoms with Crippen LogP contribution in [0.3, 0.4) is 0 Å². The van der Waals surface area contributed by atoms with Gasteiger partial charge in [-0.25, -0.2) is 0 Å². The maximum Gasteiger partial charge on any atom is 0.257 e. The van der Waals surface area contributed by atoms with Crippen molar-refractivity contribution in [2.75, 3.05) is 13.1 Å². The SMILES string of the molecule is Cn1cc(C(=O)N2CC[C@@H]3C(C)(C)C(=O)C(C#N)=C[C@@]3(C)C2)cn1. The lowest BCUT2D eigenvalue weighted by Crippen LogP contribution is -2.56. The highest BCUT2D eigenvalue weighted by atomic mass is 16.2. The Bertz CT molecular complexity index is 783. The maximum atomic E-state index is 12.7. The van der Waals surface area contributed by atoms with E-state index in [-0.39, 0.29) is 28.6 Å². The lowest BCUT2D eigenvalue weighted by Gasteiger charge is -2.52. The molecule has 1 aromatic rings. The molecule has 0 N–H and O–H groups in total. The molecule has 24 heavy (non-hydrogen) atoms. The highest BCUT2D eigenvalue weighted by Crippen LogP contribution is 2.52. The molecule has 2 aliphatic rings. The molecule has 1 saturated heterocycles. The number of nitrogens with zero attached hydrogens (tertiary/aromatic N) is 4. The van der Waals surface area contributed by atoms with Gasteiger partial charge in [0.1, 0.15) is 6.07 Å². The first-order valence-corrected chi connectivity index (χ1v) is 8.15. The molecule has 0 unspecified atom stereocenters. The quantitative estimate of drug-likeness (QED) is 0.790. The number of carbonyl (C=O) groups is 2. The van der Waals surface area contributed by atoms with E-state index in [2.05, 4.69) is 5.10 Å². The normalized spacial score (nSPS) is 28.8. The summed E-state index contributed by atoms with van der Waals surface area (Å²) < 4.78 is 1.61. The number of rotatable bonds is 1. The molecule has 1 aromatic heterocycles. The zero-order valence-electron chi connectivity index (χ0n) is 14.5. The van der Waals surface area contributed by atoms with Gasteiger partial charge in [-0.05, 0) is 12.3 Å². The number of ketones is 1. The van der Waals surface area contributed by atoms with Gasteiger partial charge >= 0.3 is 0 Å². The fraction of sp³-hybridized carbons (Fsp3) is 0.556. The van der Waals surface area contributed by atoms with E-state index in [4.69, 9.17) is 0 Å². The van der Waals surface area contributed by atoms with Crippen molar-refractivity contribution in [2.24, 2.45) is 23.8 Å². The second kappa shape index (κ2) is 5.30. The van der Waals surface area contributed by atoms with Crippen molar-refractivity contribution in [3.63, 3.8) is 0 Å². The number of likely N-dealkylation sites (tertiary alicyclic amines) is 1. The van der Waals surface area contributed by atoms with Crippen molar-refractivity contribution < 1.29 is 9.59 Å². The molecule has 2 atom stereocenters. The van der Waals surface area contributed by atoms with Gasteiger partial charge in [0.15, 0.2) is 5.78 Å². The Balaban J connectivity index is 1.93. The molecule has 0 bridgehead atoms. The second-order valence-electron chi connectivity index (χ2n) is 7.70. The van der Waals surface area contributed by atoms with Crippen LogP contribution in [-0.4, -0.2) is 39.5 Å². The number of carbonyl (C=O) groups excluding carboxylic acids is 2. The molecule has 126 valence electrons. The molecular formula is C18H22N4O2. The Hall–Kier alpha value is -2.42. The van der Waals surface area contributed by atoms with Gasteiger partial charge in [0.05, 0.1) is 17.3 Å². The summed E-state index contributed by atoms with van der Waals surface area (Å²) in [6, 6.07) is 2.04. The molecule has 0 spiro atoms. The number of allylic oxidation sites excluding steroid dienone is 1. The summed E-state index contributed by atoms with van der Waals surface area (Å²) in [5.41, 5.74) is -0.180. The van der Waals surface area contributed by atoms with E-state index < -0.39 is 5.41 Å².